The molecule has 0 radical (unpaired) electrons. The molecule has 0 amide bonds. The van der Waals surface area contributed by atoms with Crippen LogP contribution >= 0.6 is 24.0 Å². The Bertz CT molecular complexity index is 672. The first-order valence-electron chi connectivity index (χ1n) is 11.4. The van der Waals surface area contributed by atoms with Gasteiger partial charge in [-0.15, -0.1) is 24.0 Å². The molecule has 1 N–H and O–H groups in total. The average molecular weight is 543 g/mol. The Kier molecular flexibility index (Phi) is 12.3. The molecule has 0 aliphatic carbocycles. The molecule has 2 aliphatic rings. The van der Waals surface area contributed by atoms with E-state index in [-0.39, 0.29) is 24.0 Å². The number of nitrogens with one attached hydrogen (secondary N) is 1. The zero-order valence-corrected chi connectivity index (χ0v) is 21.1. The predicted octanol–water partition coefficient (Wildman–Crippen LogP) is 4.39. The van der Waals surface area contributed by atoms with E-state index in [1.54, 1.807) is 6.08 Å². The van der Waals surface area contributed by atoms with Crippen molar-refractivity contribution in [2.75, 3.05) is 39.5 Å². The van der Waals surface area contributed by atoms with Gasteiger partial charge in [0.25, 0.3) is 0 Å². The smallest absolute Gasteiger partial charge is 0.194 e. The number of piperidine rings is 1. The maximum atomic E-state index is 6.16. The molecule has 3 rings (SSSR count). The summed E-state index contributed by atoms with van der Waals surface area (Å²) in [5.74, 6) is 1.83. The van der Waals surface area contributed by atoms with Gasteiger partial charge < -0.3 is 24.4 Å². The second-order valence-electron chi connectivity index (χ2n) is 7.89. The van der Waals surface area contributed by atoms with Crippen LogP contribution < -0.4 is 10.1 Å². The summed E-state index contributed by atoms with van der Waals surface area (Å²) in [6, 6.07) is 8.07. The van der Waals surface area contributed by atoms with Crippen LogP contribution in [0.25, 0.3) is 0 Å². The molecule has 174 valence electrons. The Morgan fingerprint density at radius 1 is 1.26 bits per heavy atom. The zero-order chi connectivity index (χ0) is 21.0. The van der Waals surface area contributed by atoms with E-state index in [4.69, 9.17) is 19.2 Å². The molecule has 0 aromatic heterocycles. The van der Waals surface area contributed by atoms with Crippen LogP contribution in [-0.2, 0) is 16.0 Å². The summed E-state index contributed by atoms with van der Waals surface area (Å²) in [7, 11) is 0. The van der Waals surface area contributed by atoms with Crippen LogP contribution in [0.4, 0.5) is 0 Å². The topological polar surface area (TPSA) is 55.3 Å². The van der Waals surface area contributed by atoms with Gasteiger partial charge in [0.2, 0.25) is 0 Å². The highest BCUT2D eigenvalue weighted by Gasteiger charge is 2.23. The van der Waals surface area contributed by atoms with Gasteiger partial charge in [0.1, 0.15) is 12.4 Å². The zero-order valence-electron chi connectivity index (χ0n) is 18.8. The number of nitrogens with zero attached hydrogens (tertiary/aromatic N) is 2. The van der Waals surface area contributed by atoms with Gasteiger partial charge in [0, 0.05) is 31.8 Å². The first-order valence-corrected chi connectivity index (χ1v) is 11.4. The Balaban J connectivity index is 0.00000341. The van der Waals surface area contributed by atoms with Crippen LogP contribution in [0.15, 0.2) is 41.9 Å². The van der Waals surface area contributed by atoms with E-state index in [9.17, 15) is 0 Å². The SMILES string of the molecule is C=CCOc1ccccc1CN=C(NCC)N1CCC(OCC2CCCCO2)CC1.I. The maximum Gasteiger partial charge on any atom is 0.194 e. The number of rotatable bonds is 9. The van der Waals surface area contributed by atoms with E-state index in [2.05, 4.69) is 29.8 Å². The first-order chi connectivity index (χ1) is 14.8. The summed E-state index contributed by atoms with van der Waals surface area (Å²) in [5.41, 5.74) is 1.08. The lowest BCUT2D eigenvalue weighted by Crippen LogP contribution is -2.47. The lowest BCUT2D eigenvalue weighted by molar-refractivity contribution is -0.0721. The van der Waals surface area contributed by atoms with Crippen LogP contribution in [0.3, 0.4) is 0 Å². The van der Waals surface area contributed by atoms with E-state index in [1.165, 1.54) is 12.8 Å². The minimum Gasteiger partial charge on any atom is -0.489 e. The van der Waals surface area contributed by atoms with Crippen LogP contribution in [0.2, 0.25) is 0 Å². The van der Waals surface area contributed by atoms with E-state index in [0.29, 0.717) is 25.4 Å². The fourth-order valence-corrected chi connectivity index (χ4v) is 3.93. The quantitative estimate of drug-likeness (QED) is 0.217. The summed E-state index contributed by atoms with van der Waals surface area (Å²) in [4.78, 5) is 7.23. The van der Waals surface area contributed by atoms with Gasteiger partial charge in [-0.1, -0.05) is 30.9 Å². The van der Waals surface area contributed by atoms with Crippen molar-refractivity contribution < 1.29 is 14.2 Å². The van der Waals surface area contributed by atoms with Crippen LogP contribution in [0, 0.1) is 0 Å². The third kappa shape index (κ3) is 8.61. The molecular weight excluding hydrogens is 505 g/mol. The van der Waals surface area contributed by atoms with Crippen molar-refractivity contribution in [2.45, 2.75) is 57.8 Å². The van der Waals surface area contributed by atoms with Crippen molar-refractivity contribution in [1.29, 1.82) is 0 Å². The number of hydrogen-bond acceptors (Lipinski definition) is 4. The maximum absolute atomic E-state index is 6.16. The number of ether oxygens (including phenoxy) is 3. The summed E-state index contributed by atoms with van der Waals surface area (Å²) < 4.78 is 17.7. The Labute approximate surface area is 204 Å². The fraction of sp³-hybridized carbons (Fsp3) is 0.625. The van der Waals surface area contributed by atoms with Crippen molar-refractivity contribution in [2.24, 2.45) is 4.99 Å². The highest BCUT2D eigenvalue weighted by Crippen LogP contribution is 2.20. The van der Waals surface area contributed by atoms with Gasteiger partial charge in [-0.05, 0) is 45.1 Å². The summed E-state index contributed by atoms with van der Waals surface area (Å²) in [6.07, 6.45) is 8.00. The number of hydrogen-bond donors (Lipinski definition) is 1. The molecule has 1 aromatic carbocycles. The molecule has 1 unspecified atom stereocenters. The molecule has 31 heavy (non-hydrogen) atoms. The van der Waals surface area contributed by atoms with Crippen molar-refractivity contribution in [3.05, 3.63) is 42.5 Å². The standard InChI is InChI=1S/C24H37N3O3.HI/c1-3-16-29-23-11-6-5-9-20(23)18-26-24(25-4-2)27-14-12-21(13-15-27)30-19-22-10-7-8-17-28-22;/h3,5-6,9,11,21-22H,1,4,7-8,10,12-19H2,2H3,(H,25,26);1H. The van der Waals surface area contributed by atoms with Gasteiger partial charge in [0.15, 0.2) is 5.96 Å². The minimum absolute atomic E-state index is 0. The van der Waals surface area contributed by atoms with Crippen LogP contribution in [-0.4, -0.2) is 62.5 Å². The van der Waals surface area contributed by atoms with Gasteiger partial charge in [-0.2, -0.15) is 0 Å². The first kappa shape index (κ1) is 25.9. The second kappa shape index (κ2) is 14.7. The number of guanidine groups is 1. The largest absolute Gasteiger partial charge is 0.489 e. The summed E-state index contributed by atoms with van der Waals surface area (Å²) in [6.45, 7) is 11.3. The normalized spacial score (nSPS) is 20.1. The molecule has 2 saturated heterocycles. The van der Waals surface area contributed by atoms with Crippen LogP contribution in [0.5, 0.6) is 5.75 Å². The third-order valence-corrected chi connectivity index (χ3v) is 5.60. The Hall–Kier alpha value is -1.32. The van der Waals surface area contributed by atoms with Gasteiger partial charge in [0.05, 0.1) is 25.4 Å². The molecule has 0 bridgehead atoms. The molecule has 1 atom stereocenters. The van der Waals surface area contributed by atoms with Gasteiger partial charge in [-0.3, -0.25) is 0 Å². The third-order valence-electron chi connectivity index (χ3n) is 5.60. The summed E-state index contributed by atoms with van der Waals surface area (Å²) >= 11 is 0. The second-order valence-corrected chi connectivity index (χ2v) is 7.89. The van der Waals surface area contributed by atoms with Crippen molar-refractivity contribution in [3.63, 3.8) is 0 Å². The molecule has 6 nitrogen and oxygen atoms in total. The Morgan fingerprint density at radius 2 is 2.06 bits per heavy atom. The van der Waals surface area contributed by atoms with Crippen LogP contribution in [0.1, 0.15) is 44.6 Å². The number of benzene rings is 1. The lowest BCUT2D eigenvalue weighted by atomic mass is 10.1. The molecule has 0 spiro atoms. The molecule has 7 heteroatoms. The highest BCUT2D eigenvalue weighted by molar-refractivity contribution is 14.0. The highest BCUT2D eigenvalue weighted by atomic mass is 127. The number of para-hydroxylation sites is 1. The van der Waals surface area contributed by atoms with E-state index in [0.717, 1.165) is 69.4 Å². The van der Waals surface area contributed by atoms with Gasteiger partial charge >= 0.3 is 0 Å². The molecule has 1 aromatic rings. The molecule has 2 aliphatic heterocycles. The predicted molar refractivity (Wildman–Crippen MR) is 137 cm³/mol. The fourth-order valence-electron chi connectivity index (χ4n) is 3.93. The molecule has 2 heterocycles. The molecule has 2 fully saturated rings. The number of halogens is 1. The lowest BCUT2D eigenvalue weighted by Gasteiger charge is -2.35. The van der Waals surface area contributed by atoms with Gasteiger partial charge in [-0.25, -0.2) is 4.99 Å². The minimum atomic E-state index is 0. The van der Waals surface area contributed by atoms with E-state index in [1.807, 2.05) is 18.2 Å². The summed E-state index contributed by atoms with van der Waals surface area (Å²) in [5, 5.41) is 3.44. The number of likely N-dealkylation sites (tertiary alicyclic amines) is 1. The van der Waals surface area contributed by atoms with E-state index >= 15 is 0 Å². The average Bonchev–Trinajstić information content (AvgIpc) is 2.80. The monoisotopic (exact) mass is 543 g/mol. The van der Waals surface area contributed by atoms with E-state index < -0.39 is 0 Å². The Morgan fingerprint density at radius 3 is 2.77 bits per heavy atom. The number of aliphatic imine (C=N–C) groups is 1. The molecule has 0 saturated carbocycles. The van der Waals surface area contributed by atoms with Crippen molar-refractivity contribution in [1.82, 2.24) is 10.2 Å². The van der Waals surface area contributed by atoms with Crippen molar-refractivity contribution in [3.8, 4) is 5.75 Å². The van der Waals surface area contributed by atoms with Crippen molar-refractivity contribution >= 4 is 29.9 Å². The molecular formula is C24H38IN3O3.